The highest BCUT2D eigenvalue weighted by molar-refractivity contribution is 14.1. The van der Waals surface area contributed by atoms with Crippen LogP contribution in [-0.4, -0.2) is 25.7 Å². The highest BCUT2D eigenvalue weighted by atomic mass is 127. The van der Waals surface area contributed by atoms with Crippen LogP contribution in [0.1, 0.15) is 18.5 Å². The molecule has 1 heterocycles. The van der Waals surface area contributed by atoms with Crippen LogP contribution in [0.2, 0.25) is 0 Å². The number of ether oxygens (including phenoxy) is 3. The molecule has 1 atom stereocenters. The van der Waals surface area contributed by atoms with E-state index in [2.05, 4.69) is 27.9 Å². The Labute approximate surface area is 154 Å². The first-order valence-electron chi connectivity index (χ1n) is 7.69. The molecule has 1 amide bonds. The van der Waals surface area contributed by atoms with Gasteiger partial charge in [0.1, 0.15) is 19.0 Å². The van der Waals surface area contributed by atoms with Crippen LogP contribution in [0.4, 0.5) is 0 Å². The van der Waals surface area contributed by atoms with Crippen LogP contribution < -0.4 is 19.5 Å². The Balaban J connectivity index is 1.55. The minimum absolute atomic E-state index is 0.0184. The van der Waals surface area contributed by atoms with E-state index in [-0.39, 0.29) is 18.6 Å². The SMILES string of the molecule is CC(NC(=O)COc1ccc(I)cc1)c1ccc2c(c1)OCCO2. The molecule has 0 radical (unpaired) electrons. The lowest BCUT2D eigenvalue weighted by Gasteiger charge is -2.21. The van der Waals surface area contributed by atoms with Gasteiger partial charge in [0.15, 0.2) is 18.1 Å². The molecule has 126 valence electrons. The lowest BCUT2D eigenvalue weighted by Crippen LogP contribution is -2.31. The number of nitrogens with one attached hydrogen (secondary N) is 1. The van der Waals surface area contributed by atoms with Gasteiger partial charge in [-0.1, -0.05) is 6.07 Å². The Morgan fingerprint density at radius 3 is 2.62 bits per heavy atom. The van der Waals surface area contributed by atoms with Crippen molar-refractivity contribution in [3.63, 3.8) is 0 Å². The molecule has 0 aliphatic carbocycles. The second kappa shape index (κ2) is 7.74. The number of halogens is 1. The summed E-state index contributed by atoms with van der Waals surface area (Å²) in [6.07, 6.45) is 0. The van der Waals surface area contributed by atoms with Gasteiger partial charge >= 0.3 is 0 Å². The summed E-state index contributed by atoms with van der Waals surface area (Å²) in [5.41, 5.74) is 0.960. The van der Waals surface area contributed by atoms with Crippen molar-refractivity contribution in [1.82, 2.24) is 5.32 Å². The third-order valence-electron chi connectivity index (χ3n) is 3.63. The van der Waals surface area contributed by atoms with E-state index >= 15 is 0 Å². The van der Waals surface area contributed by atoms with Crippen molar-refractivity contribution >= 4 is 28.5 Å². The number of carbonyl (C=O) groups excluding carboxylic acids is 1. The van der Waals surface area contributed by atoms with Crippen LogP contribution in [0.3, 0.4) is 0 Å². The maximum atomic E-state index is 12.1. The summed E-state index contributed by atoms with van der Waals surface area (Å²) in [5.74, 6) is 1.97. The molecule has 2 aromatic rings. The molecule has 0 saturated heterocycles. The average Bonchev–Trinajstić information content (AvgIpc) is 2.61. The fourth-order valence-corrected chi connectivity index (χ4v) is 2.74. The number of fused-ring (bicyclic) bond motifs is 1. The summed E-state index contributed by atoms with van der Waals surface area (Å²) in [6, 6.07) is 13.1. The molecule has 6 heteroatoms. The van der Waals surface area contributed by atoms with Crippen molar-refractivity contribution in [2.24, 2.45) is 0 Å². The standard InChI is InChI=1S/C18H18INO4/c1-12(13-2-7-16-17(10-13)23-9-8-22-16)20-18(21)11-24-15-5-3-14(19)4-6-15/h2-7,10,12H,8-9,11H2,1H3,(H,20,21). The molecule has 24 heavy (non-hydrogen) atoms. The Morgan fingerprint density at radius 1 is 1.17 bits per heavy atom. The summed E-state index contributed by atoms with van der Waals surface area (Å²) in [7, 11) is 0. The molecular weight excluding hydrogens is 421 g/mol. The molecule has 3 rings (SSSR count). The van der Waals surface area contributed by atoms with E-state index in [1.54, 1.807) is 0 Å². The first-order chi connectivity index (χ1) is 11.6. The van der Waals surface area contributed by atoms with Crippen molar-refractivity contribution in [2.45, 2.75) is 13.0 Å². The maximum Gasteiger partial charge on any atom is 0.258 e. The molecule has 1 N–H and O–H groups in total. The normalized spacial score (nSPS) is 13.9. The van der Waals surface area contributed by atoms with E-state index in [0.29, 0.717) is 19.0 Å². The van der Waals surface area contributed by atoms with E-state index in [9.17, 15) is 4.79 Å². The molecule has 2 aromatic carbocycles. The lowest BCUT2D eigenvalue weighted by molar-refractivity contribution is -0.123. The zero-order chi connectivity index (χ0) is 16.9. The Hall–Kier alpha value is -1.96. The highest BCUT2D eigenvalue weighted by Gasteiger charge is 2.16. The molecular formula is C18H18INO4. The van der Waals surface area contributed by atoms with E-state index in [1.165, 1.54) is 0 Å². The number of hydrogen-bond acceptors (Lipinski definition) is 4. The summed E-state index contributed by atoms with van der Waals surface area (Å²) in [5, 5.41) is 2.92. The van der Waals surface area contributed by atoms with Crippen LogP contribution >= 0.6 is 22.6 Å². The zero-order valence-corrected chi connectivity index (χ0v) is 15.4. The predicted octanol–water partition coefficient (Wildman–Crippen LogP) is 3.32. The molecule has 0 spiro atoms. The van der Waals surface area contributed by atoms with Crippen molar-refractivity contribution in [2.75, 3.05) is 19.8 Å². The topological polar surface area (TPSA) is 56.8 Å². The summed E-state index contributed by atoms with van der Waals surface area (Å²) in [4.78, 5) is 12.1. The maximum absolute atomic E-state index is 12.1. The Morgan fingerprint density at radius 2 is 1.88 bits per heavy atom. The number of carbonyl (C=O) groups is 1. The van der Waals surface area contributed by atoms with Gasteiger partial charge in [-0.05, 0) is 71.5 Å². The number of amides is 1. The van der Waals surface area contributed by atoms with Crippen LogP contribution in [0.5, 0.6) is 17.2 Å². The summed E-state index contributed by atoms with van der Waals surface area (Å²) >= 11 is 2.22. The molecule has 0 fully saturated rings. The minimum atomic E-state index is -0.170. The highest BCUT2D eigenvalue weighted by Crippen LogP contribution is 2.32. The van der Waals surface area contributed by atoms with Crippen molar-refractivity contribution in [3.05, 3.63) is 51.6 Å². The molecule has 0 saturated carbocycles. The van der Waals surface area contributed by atoms with E-state index in [1.807, 2.05) is 49.4 Å². The zero-order valence-electron chi connectivity index (χ0n) is 13.3. The Kier molecular flexibility index (Phi) is 5.44. The minimum Gasteiger partial charge on any atom is -0.486 e. The monoisotopic (exact) mass is 439 g/mol. The van der Waals surface area contributed by atoms with Crippen molar-refractivity contribution in [3.8, 4) is 17.2 Å². The van der Waals surface area contributed by atoms with Gasteiger partial charge in [-0.15, -0.1) is 0 Å². The third kappa shape index (κ3) is 4.31. The van der Waals surface area contributed by atoms with Crippen LogP contribution in [0, 0.1) is 3.57 Å². The van der Waals surface area contributed by atoms with Crippen LogP contribution in [0.15, 0.2) is 42.5 Å². The van der Waals surface area contributed by atoms with E-state index in [4.69, 9.17) is 14.2 Å². The van der Waals surface area contributed by atoms with Crippen molar-refractivity contribution in [1.29, 1.82) is 0 Å². The van der Waals surface area contributed by atoms with Crippen LogP contribution in [0.25, 0.3) is 0 Å². The fraction of sp³-hybridized carbons (Fsp3) is 0.278. The molecule has 5 nitrogen and oxygen atoms in total. The fourth-order valence-electron chi connectivity index (χ4n) is 2.38. The smallest absolute Gasteiger partial charge is 0.258 e. The van der Waals surface area contributed by atoms with Gasteiger partial charge in [0.2, 0.25) is 0 Å². The Bertz CT molecular complexity index is 717. The quantitative estimate of drug-likeness (QED) is 0.727. The number of rotatable bonds is 5. The lowest BCUT2D eigenvalue weighted by atomic mass is 10.1. The molecule has 1 unspecified atom stereocenters. The van der Waals surface area contributed by atoms with Crippen molar-refractivity contribution < 1.29 is 19.0 Å². The predicted molar refractivity (Wildman–Crippen MR) is 98.6 cm³/mol. The summed E-state index contributed by atoms with van der Waals surface area (Å²) in [6.45, 7) is 3.01. The van der Waals surface area contributed by atoms with E-state index in [0.717, 1.165) is 20.6 Å². The third-order valence-corrected chi connectivity index (χ3v) is 4.35. The van der Waals surface area contributed by atoms with Gasteiger partial charge < -0.3 is 19.5 Å². The largest absolute Gasteiger partial charge is 0.486 e. The van der Waals surface area contributed by atoms with Gasteiger partial charge in [-0.3, -0.25) is 4.79 Å². The molecule has 1 aliphatic rings. The van der Waals surface area contributed by atoms with Gasteiger partial charge in [0, 0.05) is 3.57 Å². The van der Waals surface area contributed by atoms with Gasteiger partial charge in [0.05, 0.1) is 6.04 Å². The molecule has 0 aromatic heterocycles. The summed E-state index contributed by atoms with van der Waals surface area (Å²) < 4.78 is 17.7. The molecule has 0 bridgehead atoms. The first-order valence-corrected chi connectivity index (χ1v) is 8.77. The first kappa shape index (κ1) is 16.9. The second-order valence-corrected chi connectivity index (χ2v) is 6.68. The second-order valence-electron chi connectivity index (χ2n) is 5.43. The van der Waals surface area contributed by atoms with Gasteiger partial charge in [-0.25, -0.2) is 0 Å². The number of hydrogen-bond donors (Lipinski definition) is 1. The van der Waals surface area contributed by atoms with Gasteiger partial charge in [0.25, 0.3) is 5.91 Å². The average molecular weight is 439 g/mol. The molecule has 1 aliphatic heterocycles. The van der Waals surface area contributed by atoms with Gasteiger partial charge in [-0.2, -0.15) is 0 Å². The van der Waals surface area contributed by atoms with Crippen LogP contribution in [-0.2, 0) is 4.79 Å². The number of benzene rings is 2. The van der Waals surface area contributed by atoms with E-state index < -0.39 is 0 Å².